The summed E-state index contributed by atoms with van der Waals surface area (Å²) in [6, 6.07) is 1.44. The Morgan fingerprint density at radius 2 is 2.11 bits per heavy atom. The maximum atomic E-state index is 12.4. The van der Waals surface area contributed by atoms with E-state index in [0.29, 0.717) is 30.6 Å². The van der Waals surface area contributed by atoms with Gasteiger partial charge in [0.05, 0.1) is 0 Å². The standard InChI is InChI=1S/C13H20N4O2/c1-3-17(13(18)12-14-8(2)19-16-12)11-6-9-4-5-10(7-11)15-9/h9-11,15H,3-7H2,1-2H3. The summed E-state index contributed by atoms with van der Waals surface area (Å²) in [6.45, 7) is 4.40. The molecule has 1 aromatic rings. The van der Waals surface area contributed by atoms with Gasteiger partial charge < -0.3 is 14.7 Å². The van der Waals surface area contributed by atoms with Crippen LogP contribution in [0.2, 0.25) is 0 Å². The fourth-order valence-electron chi connectivity index (χ4n) is 3.36. The van der Waals surface area contributed by atoms with E-state index in [-0.39, 0.29) is 11.7 Å². The van der Waals surface area contributed by atoms with Crippen LogP contribution in [0, 0.1) is 6.92 Å². The number of nitrogens with zero attached hydrogens (tertiary/aromatic N) is 3. The number of piperidine rings is 1. The molecule has 2 bridgehead atoms. The Kier molecular flexibility index (Phi) is 3.26. The number of carbonyl (C=O) groups is 1. The molecule has 0 spiro atoms. The third kappa shape index (κ3) is 2.36. The van der Waals surface area contributed by atoms with Gasteiger partial charge in [-0.25, -0.2) is 0 Å². The number of aromatic nitrogens is 2. The van der Waals surface area contributed by atoms with Gasteiger partial charge in [0.25, 0.3) is 11.7 Å². The van der Waals surface area contributed by atoms with Crippen molar-refractivity contribution < 1.29 is 9.32 Å². The molecule has 2 aliphatic heterocycles. The zero-order valence-electron chi connectivity index (χ0n) is 11.4. The lowest BCUT2D eigenvalue weighted by molar-refractivity contribution is 0.0615. The van der Waals surface area contributed by atoms with Gasteiger partial charge in [0.1, 0.15) is 0 Å². The average Bonchev–Trinajstić information content (AvgIpc) is 2.97. The van der Waals surface area contributed by atoms with E-state index in [1.54, 1.807) is 6.92 Å². The van der Waals surface area contributed by atoms with E-state index in [0.717, 1.165) is 12.8 Å². The van der Waals surface area contributed by atoms with Crippen LogP contribution >= 0.6 is 0 Å². The molecule has 1 N–H and O–H groups in total. The van der Waals surface area contributed by atoms with Crippen LogP contribution in [-0.2, 0) is 0 Å². The summed E-state index contributed by atoms with van der Waals surface area (Å²) in [6.07, 6.45) is 4.53. The quantitative estimate of drug-likeness (QED) is 0.886. The summed E-state index contributed by atoms with van der Waals surface area (Å²) in [5.74, 6) is 0.515. The SMILES string of the molecule is CCN(C(=O)c1noc(C)n1)C1CC2CCC(C1)N2. The van der Waals surface area contributed by atoms with Gasteiger partial charge in [-0.15, -0.1) is 0 Å². The Bertz CT molecular complexity index is 461. The van der Waals surface area contributed by atoms with E-state index in [2.05, 4.69) is 15.5 Å². The summed E-state index contributed by atoms with van der Waals surface area (Å²) in [5, 5.41) is 7.33. The Balaban J connectivity index is 1.75. The highest BCUT2D eigenvalue weighted by molar-refractivity contribution is 5.90. The fraction of sp³-hybridized carbons (Fsp3) is 0.769. The molecule has 19 heavy (non-hydrogen) atoms. The largest absolute Gasteiger partial charge is 0.339 e. The van der Waals surface area contributed by atoms with Crippen LogP contribution in [0.25, 0.3) is 0 Å². The van der Waals surface area contributed by atoms with Crippen LogP contribution < -0.4 is 5.32 Å². The van der Waals surface area contributed by atoms with E-state index < -0.39 is 0 Å². The summed E-state index contributed by atoms with van der Waals surface area (Å²) in [5.41, 5.74) is 0. The molecule has 2 atom stereocenters. The van der Waals surface area contributed by atoms with Gasteiger partial charge in [0.2, 0.25) is 5.89 Å². The summed E-state index contributed by atoms with van der Waals surface area (Å²) < 4.78 is 4.90. The Morgan fingerprint density at radius 3 is 2.63 bits per heavy atom. The molecular formula is C13H20N4O2. The Labute approximate surface area is 112 Å². The molecule has 2 unspecified atom stereocenters. The normalized spacial score (nSPS) is 29.5. The van der Waals surface area contributed by atoms with Crippen LogP contribution in [0.3, 0.4) is 0 Å². The molecule has 0 aromatic carbocycles. The van der Waals surface area contributed by atoms with E-state index >= 15 is 0 Å². The maximum Gasteiger partial charge on any atom is 0.295 e. The van der Waals surface area contributed by atoms with Crippen molar-refractivity contribution >= 4 is 5.91 Å². The lowest BCUT2D eigenvalue weighted by atomic mass is 9.98. The van der Waals surface area contributed by atoms with Crippen molar-refractivity contribution in [3.8, 4) is 0 Å². The number of hydrogen-bond acceptors (Lipinski definition) is 5. The molecule has 2 fully saturated rings. The number of nitrogens with one attached hydrogen (secondary N) is 1. The monoisotopic (exact) mass is 264 g/mol. The summed E-state index contributed by atoms with van der Waals surface area (Å²) in [4.78, 5) is 18.4. The van der Waals surface area contributed by atoms with Gasteiger partial charge in [-0.2, -0.15) is 4.98 Å². The number of amides is 1. The lowest BCUT2D eigenvalue weighted by Crippen LogP contribution is -2.50. The second-order valence-electron chi connectivity index (χ2n) is 5.49. The highest BCUT2D eigenvalue weighted by Gasteiger charge is 2.38. The van der Waals surface area contributed by atoms with Crippen molar-refractivity contribution in [3.63, 3.8) is 0 Å². The third-order valence-corrected chi connectivity index (χ3v) is 4.21. The van der Waals surface area contributed by atoms with Gasteiger partial charge in [-0.05, 0) is 32.6 Å². The van der Waals surface area contributed by atoms with E-state index in [1.165, 1.54) is 12.8 Å². The highest BCUT2D eigenvalue weighted by atomic mass is 16.5. The minimum Gasteiger partial charge on any atom is -0.339 e. The van der Waals surface area contributed by atoms with E-state index in [1.807, 2.05) is 11.8 Å². The van der Waals surface area contributed by atoms with Crippen LogP contribution in [0.5, 0.6) is 0 Å². The zero-order chi connectivity index (χ0) is 13.4. The molecule has 2 saturated heterocycles. The first kappa shape index (κ1) is 12.6. The van der Waals surface area contributed by atoms with Crippen LogP contribution in [-0.4, -0.2) is 45.6 Å². The van der Waals surface area contributed by atoms with Crippen LogP contribution in [0.1, 0.15) is 49.1 Å². The highest BCUT2D eigenvalue weighted by Crippen LogP contribution is 2.30. The van der Waals surface area contributed by atoms with Crippen molar-refractivity contribution in [3.05, 3.63) is 11.7 Å². The lowest BCUT2D eigenvalue weighted by Gasteiger charge is -2.36. The molecule has 1 aromatic heterocycles. The predicted octanol–water partition coefficient (Wildman–Crippen LogP) is 1.12. The van der Waals surface area contributed by atoms with Crippen molar-refractivity contribution in [2.45, 2.75) is 57.7 Å². The maximum absolute atomic E-state index is 12.4. The summed E-state index contributed by atoms with van der Waals surface area (Å²) >= 11 is 0. The first-order valence-corrected chi connectivity index (χ1v) is 7.04. The van der Waals surface area contributed by atoms with Gasteiger partial charge >= 0.3 is 0 Å². The molecule has 0 saturated carbocycles. The minimum atomic E-state index is -0.106. The van der Waals surface area contributed by atoms with Crippen molar-refractivity contribution in [2.24, 2.45) is 0 Å². The molecule has 0 radical (unpaired) electrons. The number of aryl methyl sites for hydroxylation is 1. The number of fused-ring (bicyclic) bond motifs is 2. The van der Waals surface area contributed by atoms with Gasteiger partial charge in [-0.1, -0.05) is 5.16 Å². The Hall–Kier alpha value is -1.43. The van der Waals surface area contributed by atoms with Gasteiger partial charge in [-0.3, -0.25) is 4.79 Å². The fourth-order valence-corrected chi connectivity index (χ4v) is 3.36. The van der Waals surface area contributed by atoms with E-state index in [9.17, 15) is 4.79 Å². The molecule has 104 valence electrons. The smallest absolute Gasteiger partial charge is 0.295 e. The zero-order valence-corrected chi connectivity index (χ0v) is 11.4. The van der Waals surface area contributed by atoms with Gasteiger partial charge in [0.15, 0.2) is 0 Å². The molecular weight excluding hydrogens is 244 g/mol. The topological polar surface area (TPSA) is 71.3 Å². The minimum absolute atomic E-state index is 0.106. The van der Waals surface area contributed by atoms with Crippen LogP contribution in [0.4, 0.5) is 0 Å². The number of hydrogen-bond donors (Lipinski definition) is 1. The summed E-state index contributed by atoms with van der Waals surface area (Å²) in [7, 11) is 0. The number of carbonyl (C=O) groups excluding carboxylic acids is 1. The average molecular weight is 264 g/mol. The third-order valence-electron chi connectivity index (χ3n) is 4.21. The second kappa shape index (κ2) is 4.92. The van der Waals surface area contributed by atoms with E-state index in [4.69, 9.17) is 4.52 Å². The first-order valence-electron chi connectivity index (χ1n) is 7.04. The molecule has 3 heterocycles. The second-order valence-corrected chi connectivity index (χ2v) is 5.49. The predicted molar refractivity (Wildman–Crippen MR) is 68.7 cm³/mol. The number of rotatable bonds is 3. The van der Waals surface area contributed by atoms with Crippen molar-refractivity contribution in [1.82, 2.24) is 20.4 Å². The molecule has 2 aliphatic rings. The first-order chi connectivity index (χ1) is 9.17. The molecule has 1 amide bonds. The molecule has 3 rings (SSSR count). The Morgan fingerprint density at radius 1 is 1.42 bits per heavy atom. The van der Waals surface area contributed by atoms with Crippen molar-refractivity contribution in [2.75, 3.05) is 6.54 Å². The molecule has 6 heteroatoms. The molecule has 6 nitrogen and oxygen atoms in total. The molecule has 0 aliphatic carbocycles. The van der Waals surface area contributed by atoms with Crippen molar-refractivity contribution in [1.29, 1.82) is 0 Å². The van der Waals surface area contributed by atoms with Gasteiger partial charge in [0, 0.05) is 31.6 Å². The van der Waals surface area contributed by atoms with Crippen LogP contribution in [0.15, 0.2) is 4.52 Å².